The zero-order valence-electron chi connectivity index (χ0n) is 15.2. The monoisotopic (exact) mass is 357 g/mol. The van der Waals surface area contributed by atoms with Crippen LogP contribution < -0.4 is 5.32 Å². The third kappa shape index (κ3) is 3.72. The number of hydrogen-bond donors (Lipinski definition) is 1. The Bertz CT molecular complexity index is 1130. The fourth-order valence-electron chi connectivity index (χ4n) is 2.96. The van der Waals surface area contributed by atoms with Crippen LogP contribution in [0.1, 0.15) is 32.9 Å². The van der Waals surface area contributed by atoms with Crippen LogP contribution in [0.4, 0.5) is 6.01 Å². The molecular weight excluding hydrogens is 338 g/mol. The summed E-state index contributed by atoms with van der Waals surface area (Å²) in [5, 5.41) is 12.7. The SMILES string of the molecule is Cc1ccc(Cc2nnc(NC(=O)c3ccc4ccccc4c3)o2)cc1C. The second-order valence-electron chi connectivity index (χ2n) is 6.61. The summed E-state index contributed by atoms with van der Waals surface area (Å²) < 4.78 is 5.58. The van der Waals surface area contributed by atoms with Gasteiger partial charge in [-0.25, -0.2) is 0 Å². The van der Waals surface area contributed by atoms with Crippen molar-refractivity contribution in [2.45, 2.75) is 20.3 Å². The average molecular weight is 357 g/mol. The lowest BCUT2D eigenvalue weighted by Crippen LogP contribution is -2.12. The third-order valence-corrected chi connectivity index (χ3v) is 4.63. The first-order valence-electron chi connectivity index (χ1n) is 8.77. The van der Waals surface area contributed by atoms with E-state index in [9.17, 15) is 4.79 Å². The number of nitrogens with zero attached hydrogens (tertiary/aromatic N) is 2. The van der Waals surface area contributed by atoms with Gasteiger partial charge in [-0.15, -0.1) is 5.10 Å². The highest BCUT2D eigenvalue weighted by molar-refractivity contribution is 6.05. The Labute approximate surface area is 157 Å². The molecule has 1 aromatic heterocycles. The van der Waals surface area contributed by atoms with Gasteiger partial charge in [0.05, 0.1) is 6.42 Å². The molecule has 0 fully saturated rings. The van der Waals surface area contributed by atoms with Gasteiger partial charge in [-0.3, -0.25) is 10.1 Å². The predicted molar refractivity (Wildman–Crippen MR) is 105 cm³/mol. The normalized spacial score (nSPS) is 10.9. The van der Waals surface area contributed by atoms with Gasteiger partial charge in [-0.1, -0.05) is 53.6 Å². The maximum atomic E-state index is 12.5. The first kappa shape index (κ1) is 17.0. The van der Waals surface area contributed by atoms with E-state index in [1.807, 2.05) is 42.5 Å². The number of aromatic nitrogens is 2. The zero-order chi connectivity index (χ0) is 18.8. The molecule has 0 unspecified atom stereocenters. The molecule has 3 aromatic carbocycles. The smallest absolute Gasteiger partial charge is 0.322 e. The minimum Gasteiger partial charge on any atom is -0.407 e. The largest absolute Gasteiger partial charge is 0.407 e. The van der Waals surface area contributed by atoms with Gasteiger partial charge in [-0.05, 0) is 53.4 Å². The molecular formula is C22H19N3O2. The fourth-order valence-corrected chi connectivity index (χ4v) is 2.96. The molecule has 4 aromatic rings. The molecule has 0 spiro atoms. The standard InChI is InChI=1S/C22H19N3O2/c1-14-7-8-16(11-15(14)2)12-20-24-25-22(27-20)23-21(26)19-10-9-17-5-3-4-6-18(17)13-19/h3-11,13H,12H2,1-2H3,(H,23,25,26). The van der Waals surface area contributed by atoms with Crippen molar-refractivity contribution in [2.75, 3.05) is 5.32 Å². The first-order valence-corrected chi connectivity index (χ1v) is 8.77. The van der Waals surface area contributed by atoms with E-state index in [0.717, 1.165) is 16.3 Å². The average Bonchev–Trinajstić information content (AvgIpc) is 3.11. The molecule has 0 aliphatic heterocycles. The molecule has 0 bridgehead atoms. The number of carbonyl (C=O) groups excluding carboxylic acids is 1. The van der Waals surface area contributed by atoms with Crippen molar-refractivity contribution >= 4 is 22.7 Å². The van der Waals surface area contributed by atoms with Crippen LogP contribution in [-0.2, 0) is 6.42 Å². The lowest BCUT2D eigenvalue weighted by atomic mass is 10.0. The van der Waals surface area contributed by atoms with Gasteiger partial charge in [-0.2, -0.15) is 0 Å². The summed E-state index contributed by atoms with van der Waals surface area (Å²) in [7, 11) is 0. The molecule has 5 nitrogen and oxygen atoms in total. The Hall–Kier alpha value is -3.47. The van der Waals surface area contributed by atoms with Crippen molar-refractivity contribution in [2.24, 2.45) is 0 Å². The van der Waals surface area contributed by atoms with Crippen LogP contribution in [0.2, 0.25) is 0 Å². The van der Waals surface area contributed by atoms with E-state index in [2.05, 4.69) is 41.5 Å². The highest BCUT2D eigenvalue weighted by Gasteiger charge is 2.12. The zero-order valence-corrected chi connectivity index (χ0v) is 15.2. The van der Waals surface area contributed by atoms with Crippen LogP contribution in [-0.4, -0.2) is 16.1 Å². The number of amides is 1. The molecule has 4 rings (SSSR count). The van der Waals surface area contributed by atoms with Gasteiger partial charge < -0.3 is 4.42 Å². The Balaban J connectivity index is 1.47. The van der Waals surface area contributed by atoms with E-state index < -0.39 is 0 Å². The predicted octanol–water partition coefficient (Wildman–Crippen LogP) is 4.68. The molecule has 1 N–H and O–H groups in total. The molecule has 0 atom stereocenters. The van der Waals surface area contributed by atoms with Gasteiger partial charge in [0.25, 0.3) is 5.91 Å². The Morgan fingerprint density at radius 2 is 1.74 bits per heavy atom. The van der Waals surface area contributed by atoms with Crippen LogP contribution in [0.3, 0.4) is 0 Å². The number of aryl methyl sites for hydroxylation is 2. The summed E-state index contributed by atoms with van der Waals surface area (Å²) in [5.41, 5.74) is 4.10. The van der Waals surface area contributed by atoms with Crippen LogP contribution in [0.25, 0.3) is 10.8 Å². The number of benzene rings is 3. The van der Waals surface area contributed by atoms with Crippen molar-refractivity contribution < 1.29 is 9.21 Å². The molecule has 0 saturated heterocycles. The quantitative estimate of drug-likeness (QED) is 0.576. The van der Waals surface area contributed by atoms with Crippen molar-refractivity contribution in [1.82, 2.24) is 10.2 Å². The van der Waals surface area contributed by atoms with Crippen LogP contribution in [0.5, 0.6) is 0 Å². The minimum atomic E-state index is -0.276. The maximum Gasteiger partial charge on any atom is 0.322 e. The number of hydrogen-bond acceptors (Lipinski definition) is 4. The summed E-state index contributed by atoms with van der Waals surface area (Å²) in [6.45, 7) is 4.15. The van der Waals surface area contributed by atoms with Crippen molar-refractivity contribution in [3.05, 3.63) is 88.8 Å². The van der Waals surface area contributed by atoms with Crippen molar-refractivity contribution in [1.29, 1.82) is 0 Å². The van der Waals surface area contributed by atoms with Crippen LogP contribution in [0.15, 0.2) is 65.1 Å². The number of anilines is 1. The highest BCUT2D eigenvalue weighted by atomic mass is 16.4. The Morgan fingerprint density at radius 3 is 2.56 bits per heavy atom. The minimum absolute atomic E-state index is 0.104. The number of fused-ring (bicyclic) bond motifs is 1. The van der Waals surface area contributed by atoms with E-state index in [0.29, 0.717) is 17.9 Å². The number of carbonyl (C=O) groups is 1. The third-order valence-electron chi connectivity index (χ3n) is 4.63. The molecule has 27 heavy (non-hydrogen) atoms. The number of rotatable bonds is 4. The van der Waals surface area contributed by atoms with Gasteiger partial charge in [0, 0.05) is 5.56 Å². The van der Waals surface area contributed by atoms with Gasteiger partial charge >= 0.3 is 6.01 Å². The van der Waals surface area contributed by atoms with E-state index in [1.165, 1.54) is 11.1 Å². The van der Waals surface area contributed by atoms with Crippen molar-refractivity contribution in [3.63, 3.8) is 0 Å². The molecule has 1 amide bonds. The second kappa shape index (κ2) is 7.03. The topological polar surface area (TPSA) is 68.0 Å². The lowest BCUT2D eigenvalue weighted by Gasteiger charge is -2.03. The summed E-state index contributed by atoms with van der Waals surface area (Å²) in [6, 6.07) is 19.8. The van der Waals surface area contributed by atoms with Crippen molar-refractivity contribution in [3.8, 4) is 0 Å². The Morgan fingerprint density at radius 1 is 0.926 bits per heavy atom. The molecule has 0 aliphatic carbocycles. The van der Waals surface area contributed by atoms with Gasteiger partial charge in [0.15, 0.2) is 0 Å². The summed E-state index contributed by atoms with van der Waals surface area (Å²) in [5.74, 6) is 0.189. The fraction of sp³-hybridized carbons (Fsp3) is 0.136. The molecule has 1 heterocycles. The van der Waals surface area contributed by atoms with E-state index in [1.54, 1.807) is 6.07 Å². The van der Waals surface area contributed by atoms with E-state index in [-0.39, 0.29) is 11.9 Å². The molecule has 5 heteroatoms. The summed E-state index contributed by atoms with van der Waals surface area (Å²) >= 11 is 0. The van der Waals surface area contributed by atoms with E-state index in [4.69, 9.17) is 4.42 Å². The first-order chi connectivity index (χ1) is 13.1. The van der Waals surface area contributed by atoms with Gasteiger partial charge in [0.1, 0.15) is 0 Å². The molecule has 0 radical (unpaired) electrons. The summed E-state index contributed by atoms with van der Waals surface area (Å²) in [4.78, 5) is 12.5. The van der Waals surface area contributed by atoms with Gasteiger partial charge in [0.2, 0.25) is 5.89 Å². The Kier molecular flexibility index (Phi) is 4.42. The molecule has 0 saturated carbocycles. The lowest BCUT2D eigenvalue weighted by molar-refractivity contribution is 0.102. The van der Waals surface area contributed by atoms with Crippen LogP contribution >= 0.6 is 0 Å². The maximum absolute atomic E-state index is 12.5. The van der Waals surface area contributed by atoms with E-state index >= 15 is 0 Å². The van der Waals surface area contributed by atoms with Crippen LogP contribution in [0, 0.1) is 13.8 Å². The summed E-state index contributed by atoms with van der Waals surface area (Å²) in [6.07, 6.45) is 0.528. The second-order valence-corrected chi connectivity index (χ2v) is 6.61. The number of nitrogens with one attached hydrogen (secondary N) is 1. The molecule has 134 valence electrons. The highest BCUT2D eigenvalue weighted by Crippen LogP contribution is 2.18. The molecule has 0 aliphatic rings.